The summed E-state index contributed by atoms with van der Waals surface area (Å²) in [5, 5.41) is 6.11. The van der Waals surface area contributed by atoms with Gasteiger partial charge in [0.1, 0.15) is 0 Å². The molecular weight excluding hydrogens is 435 g/mol. The number of piperazine rings is 1. The van der Waals surface area contributed by atoms with Crippen LogP contribution >= 0.6 is 11.8 Å². The highest BCUT2D eigenvalue weighted by molar-refractivity contribution is 7.99. The van der Waals surface area contributed by atoms with Crippen LogP contribution in [0.15, 0.2) is 28.8 Å². The maximum Gasteiger partial charge on any atom is 0.418 e. The molecule has 0 saturated carbocycles. The van der Waals surface area contributed by atoms with Gasteiger partial charge in [-0.25, -0.2) is 0 Å². The van der Waals surface area contributed by atoms with Gasteiger partial charge in [0.05, 0.1) is 29.3 Å². The van der Waals surface area contributed by atoms with Crippen molar-refractivity contribution in [3.63, 3.8) is 0 Å². The quantitative estimate of drug-likeness (QED) is 0.683. The number of rotatable bonds is 7. The first-order chi connectivity index (χ1) is 14.7. The number of nitrogens with zero attached hydrogens (tertiary/aromatic N) is 4. The van der Waals surface area contributed by atoms with E-state index >= 15 is 0 Å². The van der Waals surface area contributed by atoms with E-state index in [-0.39, 0.29) is 23.9 Å². The predicted octanol–water partition coefficient (Wildman–Crippen LogP) is 2.41. The molecule has 1 fully saturated rings. The third-order valence-electron chi connectivity index (χ3n) is 4.63. The molecule has 1 N–H and O–H groups in total. The number of hydrogen-bond donors (Lipinski definition) is 1. The molecule has 1 aliphatic rings. The minimum Gasteiger partial charge on any atom is -0.340 e. The molecular formula is C19H22F3N5O3S. The van der Waals surface area contributed by atoms with Gasteiger partial charge in [0.15, 0.2) is 5.82 Å². The Morgan fingerprint density at radius 1 is 1.19 bits per heavy atom. The maximum absolute atomic E-state index is 13.0. The van der Waals surface area contributed by atoms with Crippen molar-refractivity contribution in [1.29, 1.82) is 0 Å². The number of aryl methyl sites for hydroxylation is 1. The molecule has 1 aromatic carbocycles. The van der Waals surface area contributed by atoms with Gasteiger partial charge in [0, 0.05) is 33.1 Å². The molecule has 2 heterocycles. The molecule has 3 rings (SSSR count). The van der Waals surface area contributed by atoms with Gasteiger partial charge in [0.2, 0.25) is 17.7 Å². The van der Waals surface area contributed by atoms with Crippen LogP contribution in [0.4, 0.5) is 18.9 Å². The summed E-state index contributed by atoms with van der Waals surface area (Å²) in [6.07, 6.45) is -4.55. The van der Waals surface area contributed by atoms with E-state index in [1.54, 1.807) is 11.8 Å². The SMILES string of the molecule is Cc1nc(CSCC(=O)N2CCN(CC(=O)Nc3ccccc3C(F)(F)F)CC2)no1. The zero-order valence-electron chi connectivity index (χ0n) is 16.8. The second-order valence-corrected chi connectivity index (χ2v) is 7.96. The number of para-hydroxylation sites is 1. The third-order valence-corrected chi connectivity index (χ3v) is 5.54. The van der Waals surface area contributed by atoms with Crippen LogP contribution < -0.4 is 5.32 Å². The van der Waals surface area contributed by atoms with Crippen LogP contribution in [0.5, 0.6) is 0 Å². The minimum atomic E-state index is -4.55. The van der Waals surface area contributed by atoms with Crippen molar-refractivity contribution in [1.82, 2.24) is 19.9 Å². The molecule has 31 heavy (non-hydrogen) atoms. The van der Waals surface area contributed by atoms with Crippen molar-refractivity contribution in [2.24, 2.45) is 0 Å². The number of nitrogens with one attached hydrogen (secondary N) is 1. The van der Waals surface area contributed by atoms with Crippen molar-refractivity contribution in [3.05, 3.63) is 41.5 Å². The average molecular weight is 457 g/mol. The standard InChI is InChI=1S/C19H22F3N5O3S/c1-13-23-16(25-30-13)11-31-12-18(29)27-8-6-26(7-9-27)10-17(28)24-15-5-3-2-4-14(15)19(20,21)22/h2-5H,6-12H2,1H3,(H,24,28). The Kier molecular flexibility index (Phi) is 7.55. The minimum absolute atomic E-state index is 0.0200. The highest BCUT2D eigenvalue weighted by atomic mass is 32.2. The van der Waals surface area contributed by atoms with Crippen LogP contribution in [-0.2, 0) is 21.5 Å². The van der Waals surface area contributed by atoms with Crippen LogP contribution in [0, 0.1) is 6.92 Å². The summed E-state index contributed by atoms with van der Waals surface area (Å²) in [4.78, 5) is 32.2. The number of halogens is 3. The number of thioether (sulfide) groups is 1. The molecule has 1 aromatic heterocycles. The number of alkyl halides is 3. The lowest BCUT2D eigenvalue weighted by Gasteiger charge is -2.34. The Morgan fingerprint density at radius 2 is 1.90 bits per heavy atom. The molecule has 2 amide bonds. The Morgan fingerprint density at radius 3 is 2.55 bits per heavy atom. The smallest absolute Gasteiger partial charge is 0.340 e. The van der Waals surface area contributed by atoms with E-state index < -0.39 is 17.6 Å². The monoisotopic (exact) mass is 457 g/mol. The molecule has 8 nitrogen and oxygen atoms in total. The number of aromatic nitrogens is 2. The van der Waals surface area contributed by atoms with Gasteiger partial charge in [-0.3, -0.25) is 14.5 Å². The van der Waals surface area contributed by atoms with E-state index in [0.29, 0.717) is 43.6 Å². The van der Waals surface area contributed by atoms with Gasteiger partial charge in [-0.05, 0) is 12.1 Å². The summed E-state index contributed by atoms with van der Waals surface area (Å²) in [7, 11) is 0. The second-order valence-electron chi connectivity index (χ2n) is 6.97. The van der Waals surface area contributed by atoms with Crippen molar-refractivity contribution >= 4 is 29.3 Å². The molecule has 12 heteroatoms. The third kappa shape index (κ3) is 6.69. The van der Waals surface area contributed by atoms with E-state index in [2.05, 4.69) is 15.5 Å². The predicted molar refractivity (Wildman–Crippen MR) is 108 cm³/mol. The van der Waals surface area contributed by atoms with Gasteiger partial charge in [-0.2, -0.15) is 18.2 Å². The van der Waals surface area contributed by atoms with Crippen molar-refractivity contribution in [2.75, 3.05) is 43.8 Å². The summed E-state index contributed by atoms with van der Waals surface area (Å²) >= 11 is 1.39. The van der Waals surface area contributed by atoms with E-state index in [1.807, 2.05) is 4.90 Å². The molecule has 1 aliphatic heterocycles. The van der Waals surface area contributed by atoms with Crippen LogP contribution in [0.3, 0.4) is 0 Å². The molecule has 0 unspecified atom stereocenters. The normalized spacial score (nSPS) is 15.2. The van der Waals surface area contributed by atoms with E-state index in [4.69, 9.17) is 4.52 Å². The lowest BCUT2D eigenvalue weighted by Crippen LogP contribution is -2.51. The number of carbonyl (C=O) groups excluding carboxylic acids is 2. The average Bonchev–Trinajstić information content (AvgIpc) is 3.13. The molecule has 0 radical (unpaired) electrons. The van der Waals surface area contributed by atoms with Crippen molar-refractivity contribution in [2.45, 2.75) is 18.9 Å². The number of hydrogen-bond acceptors (Lipinski definition) is 7. The van der Waals surface area contributed by atoms with Crippen molar-refractivity contribution in [3.8, 4) is 0 Å². The molecule has 168 valence electrons. The number of benzene rings is 1. The zero-order valence-corrected chi connectivity index (χ0v) is 17.6. The van der Waals surface area contributed by atoms with E-state index in [1.165, 1.54) is 30.0 Å². The summed E-state index contributed by atoms with van der Waals surface area (Å²) in [6.45, 7) is 3.49. The number of anilines is 1. The van der Waals surface area contributed by atoms with Crippen LogP contribution in [-0.4, -0.2) is 70.2 Å². The van der Waals surface area contributed by atoms with E-state index in [0.717, 1.165) is 6.07 Å². The molecule has 2 aromatic rings. The topological polar surface area (TPSA) is 91.6 Å². The largest absolute Gasteiger partial charge is 0.418 e. The van der Waals surface area contributed by atoms with Crippen LogP contribution in [0.1, 0.15) is 17.3 Å². The summed E-state index contributed by atoms with van der Waals surface area (Å²) in [5.74, 6) is 1.23. The van der Waals surface area contributed by atoms with Gasteiger partial charge in [0.25, 0.3) is 0 Å². The van der Waals surface area contributed by atoms with Gasteiger partial charge < -0.3 is 14.7 Å². The van der Waals surface area contributed by atoms with Crippen LogP contribution in [0.2, 0.25) is 0 Å². The fraction of sp³-hybridized carbons (Fsp3) is 0.474. The molecule has 0 aliphatic carbocycles. The highest BCUT2D eigenvalue weighted by Gasteiger charge is 2.33. The Labute approximate surface area is 181 Å². The lowest BCUT2D eigenvalue weighted by atomic mass is 10.1. The summed E-state index contributed by atoms with van der Waals surface area (Å²) in [6, 6.07) is 4.87. The lowest BCUT2D eigenvalue weighted by molar-refractivity contribution is -0.137. The molecule has 1 saturated heterocycles. The first-order valence-electron chi connectivity index (χ1n) is 9.55. The Bertz CT molecular complexity index is 913. The van der Waals surface area contributed by atoms with Gasteiger partial charge in [-0.15, -0.1) is 11.8 Å². The Hall–Kier alpha value is -2.60. The van der Waals surface area contributed by atoms with Gasteiger partial charge >= 0.3 is 6.18 Å². The van der Waals surface area contributed by atoms with Gasteiger partial charge in [-0.1, -0.05) is 17.3 Å². The first-order valence-corrected chi connectivity index (χ1v) is 10.7. The fourth-order valence-corrected chi connectivity index (χ4v) is 3.87. The number of carbonyl (C=O) groups is 2. The van der Waals surface area contributed by atoms with Crippen LogP contribution in [0.25, 0.3) is 0 Å². The fourth-order valence-electron chi connectivity index (χ4n) is 3.11. The highest BCUT2D eigenvalue weighted by Crippen LogP contribution is 2.34. The summed E-state index contributed by atoms with van der Waals surface area (Å²) in [5.41, 5.74) is -1.14. The Balaban J connectivity index is 1.40. The number of amides is 2. The molecule has 0 atom stereocenters. The molecule has 0 bridgehead atoms. The molecule has 0 spiro atoms. The first kappa shape index (κ1) is 23.1. The second kappa shape index (κ2) is 10.1. The zero-order chi connectivity index (χ0) is 22.4. The summed E-state index contributed by atoms with van der Waals surface area (Å²) < 4.78 is 44.0. The maximum atomic E-state index is 13.0. The van der Waals surface area contributed by atoms with Crippen molar-refractivity contribution < 1.29 is 27.3 Å². The van der Waals surface area contributed by atoms with E-state index in [9.17, 15) is 22.8 Å².